The Morgan fingerprint density at radius 2 is 1.60 bits per heavy atom. The molecule has 0 aliphatic carbocycles. The van der Waals surface area contributed by atoms with E-state index >= 15 is 0 Å². The highest BCUT2D eigenvalue weighted by atomic mass is 35.5. The maximum Gasteiger partial charge on any atom is 0.255 e. The Bertz CT molecular complexity index is 1160. The van der Waals surface area contributed by atoms with Gasteiger partial charge in [-0.2, -0.15) is 4.31 Å². The van der Waals surface area contributed by atoms with Gasteiger partial charge in [0.2, 0.25) is 10.0 Å². The van der Waals surface area contributed by atoms with Crippen LogP contribution in [0.15, 0.2) is 71.6 Å². The monoisotopic (exact) mass is 442 g/mol. The number of hydrogen-bond acceptors (Lipinski definition) is 3. The number of aryl methyl sites for hydroxylation is 2. The van der Waals surface area contributed by atoms with Gasteiger partial charge in [-0.3, -0.25) is 4.79 Å². The molecule has 0 aliphatic rings. The van der Waals surface area contributed by atoms with E-state index in [2.05, 4.69) is 5.32 Å². The summed E-state index contributed by atoms with van der Waals surface area (Å²) in [6.07, 6.45) is 0. The third kappa shape index (κ3) is 5.08. The van der Waals surface area contributed by atoms with Crippen LogP contribution in [0.1, 0.15) is 27.0 Å². The molecule has 3 aromatic carbocycles. The van der Waals surface area contributed by atoms with E-state index < -0.39 is 10.0 Å². The quantitative estimate of drug-likeness (QED) is 0.582. The fourth-order valence-electron chi connectivity index (χ4n) is 2.96. The van der Waals surface area contributed by atoms with Crippen LogP contribution in [0.3, 0.4) is 0 Å². The minimum absolute atomic E-state index is 0.203. The van der Waals surface area contributed by atoms with Gasteiger partial charge in [0, 0.05) is 29.9 Å². The second-order valence-electron chi connectivity index (χ2n) is 7.18. The molecule has 30 heavy (non-hydrogen) atoms. The lowest BCUT2D eigenvalue weighted by atomic mass is 10.1. The first-order valence-electron chi connectivity index (χ1n) is 9.36. The van der Waals surface area contributed by atoms with E-state index in [4.69, 9.17) is 11.6 Å². The number of sulfonamides is 1. The van der Waals surface area contributed by atoms with Crippen LogP contribution in [0, 0.1) is 13.8 Å². The van der Waals surface area contributed by atoms with Crippen LogP contribution in [0.5, 0.6) is 0 Å². The summed E-state index contributed by atoms with van der Waals surface area (Å²) in [5, 5.41) is 3.47. The lowest BCUT2D eigenvalue weighted by Gasteiger charge is -2.17. The van der Waals surface area contributed by atoms with E-state index in [1.165, 1.54) is 4.31 Å². The molecule has 5 nitrogen and oxygen atoms in total. The van der Waals surface area contributed by atoms with Crippen LogP contribution < -0.4 is 5.32 Å². The molecule has 0 unspecified atom stereocenters. The fourth-order valence-corrected chi connectivity index (χ4v) is 4.34. The van der Waals surface area contributed by atoms with Crippen molar-refractivity contribution in [1.82, 2.24) is 4.31 Å². The van der Waals surface area contributed by atoms with Gasteiger partial charge < -0.3 is 5.32 Å². The summed E-state index contributed by atoms with van der Waals surface area (Å²) in [5.74, 6) is -0.243. The largest absolute Gasteiger partial charge is 0.322 e. The number of halogens is 1. The molecule has 0 aromatic heterocycles. The van der Waals surface area contributed by atoms with Crippen molar-refractivity contribution in [2.45, 2.75) is 25.3 Å². The van der Waals surface area contributed by atoms with Gasteiger partial charge in [0.25, 0.3) is 5.91 Å². The number of carbonyl (C=O) groups is 1. The summed E-state index contributed by atoms with van der Waals surface area (Å²) < 4.78 is 26.8. The van der Waals surface area contributed by atoms with Gasteiger partial charge in [-0.15, -0.1) is 0 Å². The third-order valence-corrected chi connectivity index (χ3v) is 6.84. The molecule has 1 amide bonds. The predicted octanol–water partition coefficient (Wildman–Crippen LogP) is 5.03. The van der Waals surface area contributed by atoms with Crippen molar-refractivity contribution in [1.29, 1.82) is 0 Å². The average molecular weight is 443 g/mol. The Kier molecular flexibility index (Phi) is 6.61. The number of benzene rings is 3. The SMILES string of the molecule is Cc1ccc(S(=O)(=O)N(C)Cc2ccc(C(=O)Nc3ccc(Cl)cc3C)cc2)cc1. The second-order valence-corrected chi connectivity index (χ2v) is 9.67. The fraction of sp³-hybridized carbons (Fsp3) is 0.174. The van der Waals surface area contributed by atoms with Gasteiger partial charge in [-0.25, -0.2) is 8.42 Å². The zero-order valence-corrected chi connectivity index (χ0v) is 18.6. The Hall–Kier alpha value is -2.67. The minimum Gasteiger partial charge on any atom is -0.322 e. The number of anilines is 1. The van der Waals surface area contributed by atoms with E-state index in [-0.39, 0.29) is 17.3 Å². The normalized spacial score (nSPS) is 11.5. The van der Waals surface area contributed by atoms with E-state index in [1.807, 2.05) is 13.8 Å². The van der Waals surface area contributed by atoms with Crippen LogP contribution in [-0.4, -0.2) is 25.7 Å². The Morgan fingerprint density at radius 1 is 0.967 bits per heavy atom. The molecule has 0 atom stereocenters. The number of amides is 1. The van der Waals surface area contributed by atoms with Crippen molar-refractivity contribution in [3.05, 3.63) is 94.0 Å². The highest BCUT2D eigenvalue weighted by molar-refractivity contribution is 7.89. The first kappa shape index (κ1) is 22.0. The Balaban J connectivity index is 1.69. The van der Waals surface area contributed by atoms with Crippen LogP contribution in [-0.2, 0) is 16.6 Å². The molecule has 156 valence electrons. The number of rotatable bonds is 6. The molecule has 0 heterocycles. The maximum atomic E-state index is 12.7. The van der Waals surface area contributed by atoms with Gasteiger partial charge in [0.1, 0.15) is 0 Å². The summed E-state index contributed by atoms with van der Waals surface area (Å²) in [7, 11) is -2.05. The highest BCUT2D eigenvalue weighted by Crippen LogP contribution is 2.21. The first-order valence-corrected chi connectivity index (χ1v) is 11.2. The summed E-state index contributed by atoms with van der Waals surface area (Å²) in [4.78, 5) is 12.8. The predicted molar refractivity (Wildman–Crippen MR) is 120 cm³/mol. The molecule has 0 spiro atoms. The van der Waals surface area contributed by atoms with Crippen molar-refractivity contribution >= 4 is 33.2 Å². The topological polar surface area (TPSA) is 66.5 Å². The molecule has 0 aliphatic heterocycles. The zero-order valence-electron chi connectivity index (χ0n) is 17.0. The van der Waals surface area contributed by atoms with E-state index in [0.717, 1.165) is 16.7 Å². The van der Waals surface area contributed by atoms with Gasteiger partial charge >= 0.3 is 0 Å². The average Bonchev–Trinajstić information content (AvgIpc) is 2.71. The summed E-state index contributed by atoms with van der Waals surface area (Å²) >= 11 is 5.95. The molecule has 0 saturated carbocycles. The van der Waals surface area contributed by atoms with Crippen molar-refractivity contribution in [2.24, 2.45) is 0 Å². The summed E-state index contributed by atoms with van der Waals surface area (Å²) in [6, 6.07) is 18.9. The third-order valence-electron chi connectivity index (χ3n) is 4.79. The van der Waals surface area contributed by atoms with Gasteiger partial charge in [0.05, 0.1) is 4.90 Å². The maximum absolute atomic E-state index is 12.7. The van der Waals surface area contributed by atoms with Crippen LogP contribution in [0.4, 0.5) is 5.69 Å². The van der Waals surface area contributed by atoms with Crippen LogP contribution >= 0.6 is 11.6 Å². The Labute approximate surface area is 182 Å². The van der Waals surface area contributed by atoms with Gasteiger partial charge in [-0.05, 0) is 67.4 Å². The number of hydrogen-bond donors (Lipinski definition) is 1. The van der Waals surface area contributed by atoms with Gasteiger partial charge in [-0.1, -0.05) is 41.4 Å². The van der Waals surface area contributed by atoms with Gasteiger partial charge in [0.15, 0.2) is 0 Å². The van der Waals surface area contributed by atoms with Crippen molar-refractivity contribution in [3.63, 3.8) is 0 Å². The molecule has 0 radical (unpaired) electrons. The summed E-state index contributed by atoms with van der Waals surface area (Å²) in [5.41, 5.74) is 3.83. The molecular weight excluding hydrogens is 420 g/mol. The minimum atomic E-state index is -3.59. The smallest absolute Gasteiger partial charge is 0.255 e. The van der Waals surface area contributed by atoms with E-state index in [1.54, 1.807) is 73.8 Å². The molecule has 7 heteroatoms. The number of nitrogens with one attached hydrogen (secondary N) is 1. The molecule has 3 rings (SSSR count). The van der Waals surface area contributed by atoms with Crippen molar-refractivity contribution < 1.29 is 13.2 Å². The molecule has 3 aromatic rings. The first-order chi connectivity index (χ1) is 14.2. The standard InChI is InChI=1S/C23H23ClN2O3S/c1-16-4-11-21(12-5-16)30(28,29)26(3)15-18-6-8-19(9-7-18)23(27)25-22-13-10-20(24)14-17(22)2/h4-14H,15H2,1-3H3,(H,25,27). The molecule has 0 saturated heterocycles. The van der Waals surface area contributed by atoms with E-state index in [0.29, 0.717) is 16.3 Å². The molecule has 0 fully saturated rings. The zero-order chi connectivity index (χ0) is 21.9. The van der Waals surface area contributed by atoms with Crippen LogP contribution in [0.25, 0.3) is 0 Å². The number of nitrogens with zero attached hydrogens (tertiary/aromatic N) is 1. The van der Waals surface area contributed by atoms with Crippen LogP contribution in [0.2, 0.25) is 5.02 Å². The second kappa shape index (κ2) is 9.00. The van der Waals surface area contributed by atoms with Crippen molar-refractivity contribution in [3.8, 4) is 0 Å². The lowest BCUT2D eigenvalue weighted by molar-refractivity contribution is 0.102. The Morgan fingerprint density at radius 3 is 2.20 bits per heavy atom. The van der Waals surface area contributed by atoms with E-state index in [9.17, 15) is 13.2 Å². The molecule has 0 bridgehead atoms. The number of carbonyl (C=O) groups excluding carboxylic acids is 1. The molecule has 1 N–H and O–H groups in total. The summed E-state index contributed by atoms with van der Waals surface area (Å²) in [6.45, 7) is 3.98. The van der Waals surface area contributed by atoms with Crippen molar-refractivity contribution in [2.75, 3.05) is 12.4 Å². The highest BCUT2D eigenvalue weighted by Gasteiger charge is 2.20. The lowest BCUT2D eigenvalue weighted by Crippen LogP contribution is -2.26. The molecular formula is C23H23ClN2O3S.